The first kappa shape index (κ1) is 14.1. The van der Waals surface area contributed by atoms with Crippen LogP contribution in [0.25, 0.3) is 5.69 Å². The van der Waals surface area contributed by atoms with Crippen molar-refractivity contribution in [3.63, 3.8) is 0 Å². The number of aliphatic hydroxyl groups excluding tert-OH is 1. The molecule has 0 spiro atoms. The molecule has 110 valence electrons. The summed E-state index contributed by atoms with van der Waals surface area (Å²) in [6.45, 7) is 0.344. The van der Waals surface area contributed by atoms with Gasteiger partial charge in [-0.3, -0.25) is 4.79 Å². The molecule has 6 heteroatoms. The van der Waals surface area contributed by atoms with Gasteiger partial charge in [-0.1, -0.05) is 17.7 Å². The van der Waals surface area contributed by atoms with E-state index in [0.29, 0.717) is 17.1 Å². The molecule has 0 bridgehead atoms. The average molecular weight is 306 g/mol. The molecule has 1 heterocycles. The van der Waals surface area contributed by atoms with Crippen LogP contribution in [0.4, 0.5) is 0 Å². The fraction of sp³-hybridized carbons (Fsp3) is 0.333. The molecule has 1 aromatic carbocycles. The van der Waals surface area contributed by atoms with Gasteiger partial charge in [0.25, 0.3) is 5.91 Å². The molecule has 1 saturated carbocycles. The summed E-state index contributed by atoms with van der Waals surface area (Å²) in [4.78, 5) is 14.2. The Morgan fingerprint density at radius 3 is 2.95 bits per heavy atom. The van der Waals surface area contributed by atoms with E-state index >= 15 is 0 Å². The molecule has 1 amide bonds. The molecule has 3 rings (SSSR count). The Balaban J connectivity index is 1.82. The molecule has 0 aliphatic heterocycles. The highest BCUT2D eigenvalue weighted by Crippen LogP contribution is 2.28. The lowest BCUT2D eigenvalue weighted by Crippen LogP contribution is -2.35. The van der Waals surface area contributed by atoms with Crippen LogP contribution in [0, 0.1) is 0 Å². The second kappa shape index (κ2) is 5.87. The van der Waals surface area contributed by atoms with Crippen molar-refractivity contribution in [1.82, 2.24) is 14.7 Å². The zero-order chi connectivity index (χ0) is 14.8. The van der Waals surface area contributed by atoms with Crippen LogP contribution in [0.3, 0.4) is 0 Å². The first-order valence-corrected chi connectivity index (χ1v) is 7.29. The van der Waals surface area contributed by atoms with E-state index in [-0.39, 0.29) is 18.6 Å². The fourth-order valence-corrected chi connectivity index (χ4v) is 2.49. The third-order valence-electron chi connectivity index (χ3n) is 3.49. The topological polar surface area (TPSA) is 58.4 Å². The average Bonchev–Trinajstić information content (AvgIpc) is 3.20. The molecule has 21 heavy (non-hydrogen) atoms. The lowest BCUT2D eigenvalue weighted by molar-refractivity contribution is 0.0707. The molecule has 5 nitrogen and oxygen atoms in total. The number of amides is 1. The number of nitrogens with zero attached hydrogens (tertiary/aromatic N) is 3. The minimum Gasteiger partial charge on any atom is -0.395 e. The van der Waals surface area contributed by atoms with Gasteiger partial charge in [0.2, 0.25) is 0 Å². The van der Waals surface area contributed by atoms with Crippen molar-refractivity contribution in [2.24, 2.45) is 0 Å². The van der Waals surface area contributed by atoms with Crippen molar-refractivity contribution in [1.29, 1.82) is 0 Å². The van der Waals surface area contributed by atoms with E-state index in [1.807, 2.05) is 12.1 Å². The van der Waals surface area contributed by atoms with E-state index in [0.717, 1.165) is 18.5 Å². The van der Waals surface area contributed by atoms with Crippen molar-refractivity contribution in [3.8, 4) is 5.69 Å². The van der Waals surface area contributed by atoms with Gasteiger partial charge in [-0.25, -0.2) is 4.68 Å². The second-order valence-electron chi connectivity index (χ2n) is 5.11. The van der Waals surface area contributed by atoms with Crippen LogP contribution < -0.4 is 0 Å². The Bertz CT molecular complexity index is 652. The summed E-state index contributed by atoms with van der Waals surface area (Å²) >= 11 is 5.96. The van der Waals surface area contributed by atoms with Gasteiger partial charge < -0.3 is 10.0 Å². The maximum Gasteiger partial charge on any atom is 0.257 e. The predicted molar refractivity (Wildman–Crippen MR) is 79.7 cm³/mol. The van der Waals surface area contributed by atoms with Gasteiger partial charge in [-0.05, 0) is 31.0 Å². The SMILES string of the molecule is O=C(c1cnn(-c2cccc(Cl)c2)c1)N(CCO)C1CC1. The summed E-state index contributed by atoms with van der Waals surface area (Å²) in [6.07, 6.45) is 5.26. The van der Waals surface area contributed by atoms with Crippen LogP contribution in [-0.4, -0.2) is 44.9 Å². The van der Waals surface area contributed by atoms with Crippen LogP contribution in [0.1, 0.15) is 23.2 Å². The number of aromatic nitrogens is 2. The summed E-state index contributed by atoms with van der Waals surface area (Å²) in [5.41, 5.74) is 1.33. The summed E-state index contributed by atoms with van der Waals surface area (Å²) < 4.78 is 1.63. The Morgan fingerprint density at radius 1 is 1.48 bits per heavy atom. The standard InChI is InChI=1S/C15H16ClN3O2/c16-12-2-1-3-14(8-12)19-10-11(9-17-19)15(21)18(6-7-20)13-4-5-13/h1-3,8-10,13,20H,4-7H2. The fourth-order valence-electron chi connectivity index (χ4n) is 2.30. The highest BCUT2D eigenvalue weighted by Gasteiger charge is 2.33. The van der Waals surface area contributed by atoms with Crippen LogP contribution >= 0.6 is 11.6 Å². The smallest absolute Gasteiger partial charge is 0.257 e. The minimum atomic E-state index is -0.0835. The van der Waals surface area contributed by atoms with E-state index in [9.17, 15) is 4.79 Å². The number of halogens is 1. The quantitative estimate of drug-likeness (QED) is 0.920. The molecule has 0 atom stereocenters. The van der Waals surface area contributed by atoms with Gasteiger partial charge in [-0.15, -0.1) is 0 Å². The molecular weight excluding hydrogens is 290 g/mol. The van der Waals surface area contributed by atoms with Crippen LogP contribution in [0.15, 0.2) is 36.7 Å². The first-order valence-electron chi connectivity index (χ1n) is 6.91. The van der Waals surface area contributed by atoms with Gasteiger partial charge >= 0.3 is 0 Å². The number of hydrogen-bond donors (Lipinski definition) is 1. The molecule has 0 unspecified atom stereocenters. The summed E-state index contributed by atoms with van der Waals surface area (Å²) in [5.74, 6) is -0.0835. The zero-order valence-electron chi connectivity index (χ0n) is 11.4. The summed E-state index contributed by atoms with van der Waals surface area (Å²) in [7, 11) is 0. The van der Waals surface area contributed by atoms with Crippen molar-refractivity contribution >= 4 is 17.5 Å². The predicted octanol–water partition coefficient (Wildman–Crippen LogP) is 2.12. The van der Waals surface area contributed by atoms with Gasteiger partial charge in [-0.2, -0.15) is 5.10 Å². The van der Waals surface area contributed by atoms with Gasteiger partial charge in [0, 0.05) is 23.8 Å². The third kappa shape index (κ3) is 3.09. The van der Waals surface area contributed by atoms with Crippen LogP contribution in [-0.2, 0) is 0 Å². The molecule has 2 aromatic rings. The zero-order valence-corrected chi connectivity index (χ0v) is 12.2. The lowest BCUT2D eigenvalue weighted by atomic mass is 10.3. The highest BCUT2D eigenvalue weighted by atomic mass is 35.5. The summed E-state index contributed by atoms with van der Waals surface area (Å²) in [6, 6.07) is 7.55. The van der Waals surface area contributed by atoms with Gasteiger partial charge in [0.15, 0.2) is 0 Å². The monoisotopic (exact) mass is 305 g/mol. The van der Waals surface area contributed by atoms with E-state index in [2.05, 4.69) is 5.10 Å². The van der Waals surface area contributed by atoms with E-state index in [1.165, 1.54) is 0 Å². The Hall–Kier alpha value is -1.85. The molecule has 1 N–H and O–H groups in total. The molecule has 1 fully saturated rings. The second-order valence-corrected chi connectivity index (χ2v) is 5.54. The lowest BCUT2D eigenvalue weighted by Gasteiger charge is -2.20. The number of aliphatic hydroxyl groups is 1. The highest BCUT2D eigenvalue weighted by molar-refractivity contribution is 6.30. The number of rotatable bonds is 5. The number of carbonyl (C=O) groups is 1. The van der Waals surface area contributed by atoms with Crippen molar-refractivity contribution in [2.75, 3.05) is 13.2 Å². The largest absolute Gasteiger partial charge is 0.395 e. The number of hydrogen-bond acceptors (Lipinski definition) is 3. The van der Waals surface area contributed by atoms with Gasteiger partial charge in [0.05, 0.1) is 24.1 Å². The van der Waals surface area contributed by atoms with Crippen molar-refractivity contribution < 1.29 is 9.90 Å². The van der Waals surface area contributed by atoms with Crippen molar-refractivity contribution in [2.45, 2.75) is 18.9 Å². The first-order chi connectivity index (χ1) is 10.2. The Kier molecular flexibility index (Phi) is 3.94. The maximum atomic E-state index is 12.5. The molecule has 1 aliphatic carbocycles. The Labute approximate surface area is 127 Å². The molecule has 0 radical (unpaired) electrons. The molecule has 0 saturated heterocycles. The maximum absolute atomic E-state index is 12.5. The minimum absolute atomic E-state index is 0.0231. The Morgan fingerprint density at radius 2 is 2.29 bits per heavy atom. The molecular formula is C15H16ClN3O2. The number of carbonyl (C=O) groups excluding carboxylic acids is 1. The molecule has 1 aromatic heterocycles. The van der Waals surface area contributed by atoms with Crippen LogP contribution in [0.5, 0.6) is 0 Å². The normalized spacial score (nSPS) is 14.2. The van der Waals surface area contributed by atoms with Crippen molar-refractivity contribution in [3.05, 3.63) is 47.2 Å². The molecule has 1 aliphatic rings. The van der Waals surface area contributed by atoms with Crippen LogP contribution in [0.2, 0.25) is 5.02 Å². The van der Waals surface area contributed by atoms with E-state index in [4.69, 9.17) is 16.7 Å². The third-order valence-corrected chi connectivity index (χ3v) is 3.73. The van der Waals surface area contributed by atoms with E-state index < -0.39 is 0 Å². The van der Waals surface area contributed by atoms with E-state index in [1.54, 1.807) is 34.1 Å². The number of benzene rings is 1. The summed E-state index contributed by atoms with van der Waals surface area (Å²) in [5, 5.41) is 13.9. The van der Waals surface area contributed by atoms with Gasteiger partial charge in [0.1, 0.15) is 0 Å².